The largest absolute Gasteiger partial charge is 0.313 e. The van der Waals surface area contributed by atoms with E-state index in [9.17, 15) is 0 Å². The van der Waals surface area contributed by atoms with Crippen LogP contribution in [-0.2, 0) is 0 Å². The summed E-state index contributed by atoms with van der Waals surface area (Å²) in [6.07, 6.45) is 5.77. The van der Waals surface area contributed by atoms with Crippen molar-refractivity contribution < 1.29 is 0 Å². The Morgan fingerprint density at radius 1 is 1.30 bits per heavy atom. The lowest BCUT2D eigenvalue weighted by Crippen LogP contribution is -2.14. The van der Waals surface area contributed by atoms with Gasteiger partial charge in [-0.2, -0.15) is 0 Å². The molecule has 0 aliphatic carbocycles. The van der Waals surface area contributed by atoms with Crippen LogP contribution < -0.4 is 5.32 Å². The van der Waals surface area contributed by atoms with Crippen LogP contribution >= 0.6 is 15.9 Å². The van der Waals surface area contributed by atoms with Crippen LogP contribution in [0.25, 0.3) is 0 Å². The van der Waals surface area contributed by atoms with E-state index in [1.54, 1.807) is 0 Å². The molecule has 0 saturated carbocycles. The number of hydrogen-bond acceptors (Lipinski definition) is 1. The first-order valence-corrected chi connectivity index (χ1v) is 4.91. The molecule has 0 radical (unpaired) electrons. The van der Waals surface area contributed by atoms with Crippen LogP contribution in [0.3, 0.4) is 0 Å². The summed E-state index contributed by atoms with van der Waals surface area (Å²) in [5.74, 6) is 0. The second kappa shape index (κ2) is 9.18. The van der Waals surface area contributed by atoms with Gasteiger partial charge in [0.25, 0.3) is 0 Å². The Hall–Kier alpha value is 0.180. The Balaban J connectivity index is 2.70. The highest BCUT2D eigenvalue weighted by atomic mass is 79.9. The molecule has 1 nitrogen and oxygen atoms in total. The molecule has 0 bridgehead atoms. The summed E-state index contributed by atoms with van der Waals surface area (Å²) in [6, 6.07) is 0. The first-order chi connectivity index (χ1) is 4.91. The minimum absolute atomic E-state index is 0.939. The Morgan fingerprint density at radius 3 is 2.70 bits per heavy atom. The summed E-state index contributed by atoms with van der Waals surface area (Å²) in [5, 5.41) is 4.39. The van der Waals surface area contributed by atoms with Crippen LogP contribution in [-0.4, -0.2) is 18.4 Å². The number of hydrogen-bond donors (Lipinski definition) is 1. The zero-order valence-electron chi connectivity index (χ0n) is 6.41. The van der Waals surface area contributed by atoms with E-state index in [2.05, 4.69) is 27.8 Å². The lowest BCUT2D eigenvalue weighted by molar-refractivity contribution is 0.650. The summed E-state index contributed by atoms with van der Waals surface area (Å²) in [6.45, 7) is 5.69. The van der Waals surface area contributed by atoms with Gasteiger partial charge in [0.05, 0.1) is 0 Å². The van der Waals surface area contributed by atoms with E-state index in [1.807, 2.05) is 6.08 Å². The third kappa shape index (κ3) is 8.18. The maximum absolute atomic E-state index is 3.62. The van der Waals surface area contributed by atoms with E-state index < -0.39 is 0 Å². The van der Waals surface area contributed by atoms with Gasteiger partial charge in [0.2, 0.25) is 0 Å². The first-order valence-electron chi connectivity index (χ1n) is 3.79. The van der Waals surface area contributed by atoms with E-state index >= 15 is 0 Å². The van der Waals surface area contributed by atoms with Gasteiger partial charge in [-0.3, -0.25) is 0 Å². The van der Waals surface area contributed by atoms with Crippen molar-refractivity contribution in [3.05, 3.63) is 12.7 Å². The molecule has 0 spiro atoms. The highest BCUT2D eigenvalue weighted by molar-refractivity contribution is 9.09. The van der Waals surface area contributed by atoms with Gasteiger partial charge in [-0.25, -0.2) is 0 Å². The SMILES string of the molecule is C=CCNCCCCCBr. The smallest absolute Gasteiger partial charge is 0.0132 e. The summed E-state index contributed by atoms with van der Waals surface area (Å²) in [4.78, 5) is 0. The van der Waals surface area contributed by atoms with Gasteiger partial charge in [0.1, 0.15) is 0 Å². The molecule has 0 amide bonds. The monoisotopic (exact) mass is 205 g/mol. The predicted molar refractivity (Wildman–Crippen MR) is 50.7 cm³/mol. The van der Waals surface area contributed by atoms with Gasteiger partial charge in [0, 0.05) is 11.9 Å². The van der Waals surface area contributed by atoms with Gasteiger partial charge in [-0.1, -0.05) is 28.4 Å². The Labute approximate surface area is 72.0 Å². The molecule has 0 unspecified atom stereocenters. The zero-order valence-corrected chi connectivity index (χ0v) is 7.99. The van der Waals surface area contributed by atoms with Crippen LogP contribution in [0.4, 0.5) is 0 Å². The van der Waals surface area contributed by atoms with E-state index in [1.165, 1.54) is 19.3 Å². The lowest BCUT2D eigenvalue weighted by atomic mass is 10.2. The van der Waals surface area contributed by atoms with Gasteiger partial charge in [-0.15, -0.1) is 6.58 Å². The molecule has 0 heterocycles. The number of alkyl halides is 1. The molecule has 0 aromatic carbocycles. The summed E-state index contributed by atoms with van der Waals surface area (Å²) in [7, 11) is 0. The topological polar surface area (TPSA) is 12.0 Å². The third-order valence-electron chi connectivity index (χ3n) is 1.28. The molecule has 0 aliphatic rings. The van der Waals surface area contributed by atoms with Crippen molar-refractivity contribution in [1.29, 1.82) is 0 Å². The van der Waals surface area contributed by atoms with E-state index in [-0.39, 0.29) is 0 Å². The Bertz CT molecular complexity index is 73.7. The summed E-state index contributed by atoms with van der Waals surface area (Å²) < 4.78 is 0. The Morgan fingerprint density at radius 2 is 2.10 bits per heavy atom. The highest BCUT2D eigenvalue weighted by Crippen LogP contribution is 1.96. The molecule has 0 aromatic rings. The van der Waals surface area contributed by atoms with Crippen LogP contribution in [0.5, 0.6) is 0 Å². The number of unbranched alkanes of at least 4 members (excludes halogenated alkanes) is 2. The molecule has 0 rings (SSSR count). The molecule has 0 aromatic heterocycles. The number of halogens is 1. The van der Waals surface area contributed by atoms with Crippen molar-refractivity contribution in [2.75, 3.05) is 18.4 Å². The van der Waals surface area contributed by atoms with E-state index in [4.69, 9.17) is 0 Å². The molecule has 0 atom stereocenters. The average Bonchev–Trinajstić information content (AvgIpc) is 1.97. The van der Waals surface area contributed by atoms with Gasteiger partial charge in [-0.05, 0) is 19.4 Å². The normalized spacial score (nSPS) is 9.70. The fourth-order valence-electron chi connectivity index (χ4n) is 0.725. The molecular weight excluding hydrogens is 190 g/mol. The summed E-state index contributed by atoms with van der Waals surface area (Å²) >= 11 is 3.40. The van der Waals surface area contributed by atoms with Crippen molar-refractivity contribution >= 4 is 15.9 Å². The van der Waals surface area contributed by atoms with Gasteiger partial charge in [0.15, 0.2) is 0 Å². The fraction of sp³-hybridized carbons (Fsp3) is 0.750. The molecule has 10 heavy (non-hydrogen) atoms. The van der Waals surface area contributed by atoms with Crippen molar-refractivity contribution in [2.24, 2.45) is 0 Å². The van der Waals surface area contributed by atoms with E-state index in [0.29, 0.717) is 0 Å². The van der Waals surface area contributed by atoms with Crippen LogP contribution in [0.15, 0.2) is 12.7 Å². The van der Waals surface area contributed by atoms with E-state index in [0.717, 1.165) is 18.4 Å². The van der Waals surface area contributed by atoms with Crippen molar-refractivity contribution in [3.63, 3.8) is 0 Å². The summed E-state index contributed by atoms with van der Waals surface area (Å²) in [5.41, 5.74) is 0. The zero-order chi connectivity index (χ0) is 7.66. The average molecular weight is 206 g/mol. The first kappa shape index (κ1) is 10.2. The second-order valence-electron chi connectivity index (χ2n) is 2.24. The third-order valence-corrected chi connectivity index (χ3v) is 1.84. The van der Waals surface area contributed by atoms with Crippen LogP contribution in [0.2, 0.25) is 0 Å². The quantitative estimate of drug-likeness (QED) is 0.383. The second-order valence-corrected chi connectivity index (χ2v) is 3.04. The maximum Gasteiger partial charge on any atom is 0.0132 e. The maximum atomic E-state index is 3.62. The highest BCUT2D eigenvalue weighted by Gasteiger charge is 1.85. The molecular formula is C8H16BrN. The van der Waals surface area contributed by atoms with Gasteiger partial charge < -0.3 is 5.32 Å². The molecule has 0 aliphatic heterocycles. The molecule has 1 N–H and O–H groups in total. The van der Waals surface area contributed by atoms with Crippen LogP contribution in [0, 0.1) is 0 Å². The van der Waals surface area contributed by atoms with Crippen LogP contribution in [0.1, 0.15) is 19.3 Å². The minimum atomic E-state index is 0.939. The number of nitrogens with one attached hydrogen (secondary N) is 1. The van der Waals surface area contributed by atoms with Crippen molar-refractivity contribution in [2.45, 2.75) is 19.3 Å². The standard InChI is InChI=1S/C8H16BrN/c1-2-7-10-8-5-3-4-6-9/h2,10H,1,3-8H2. The fourth-order valence-corrected chi connectivity index (χ4v) is 1.12. The minimum Gasteiger partial charge on any atom is -0.313 e. The molecule has 2 heteroatoms. The predicted octanol–water partition coefficient (Wildman–Crippen LogP) is 2.33. The van der Waals surface area contributed by atoms with Crippen molar-refractivity contribution in [3.8, 4) is 0 Å². The van der Waals surface area contributed by atoms with Crippen molar-refractivity contribution in [1.82, 2.24) is 5.32 Å². The lowest BCUT2D eigenvalue weighted by Gasteiger charge is -1.99. The van der Waals surface area contributed by atoms with Gasteiger partial charge >= 0.3 is 0 Å². The molecule has 0 fully saturated rings. The molecule has 0 saturated heterocycles. The Kier molecular flexibility index (Phi) is 9.35. The molecule has 60 valence electrons. The number of rotatable bonds is 7.